The lowest BCUT2D eigenvalue weighted by Crippen LogP contribution is -2.19. The van der Waals surface area contributed by atoms with Gasteiger partial charge in [0.15, 0.2) is 0 Å². The Morgan fingerprint density at radius 1 is 1.00 bits per heavy atom. The summed E-state index contributed by atoms with van der Waals surface area (Å²) in [4.78, 5) is 12.8. The zero-order valence-electron chi connectivity index (χ0n) is 13.1. The Hall–Kier alpha value is -2.40. The second kappa shape index (κ2) is 7.24. The highest BCUT2D eigenvalue weighted by Gasteiger charge is 2.13. The first-order valence-electron chi connectivity index (χ1n) is 8.00. The lowest BCUT2D eigenvalue weighted by atomic mass is 10.1. The van der Waals surface area contributed by atoms with Gasteiger partial charge in [-0.05, 0) is 49.2 Å². The van der Waals surface area contributed by atoms with Gasteiger partial charge in [-0.3, -0.25) is 15.0 Å². The molecule has 2 aromatic carbocycles. The number of rotatable bonds is 6. The molecular formula is C18H21N3O2. The van der Waals surface area contributed by atoms with Crippen molar-refractivity contribution < 1.29 is 4.92 Å². The van der Waals surface area contributed by atoms with Crippen LogP contribution in [0.2, 0.25) is 0 Å². The summed E-state index contributed by atoms with van der Waals surface area (Å²) < 4.78 is 0. The number of nitrogens with zero attached hydrogens (tertiary/aromatic N) is 2. The van der Waals surface area contributed by atoms with E-state index in [0.29, 0.717) is 0 Å². The van der Waals surface area contributed by atoms with Crippen molar-refractivity contribution in [1.29, 1.82) is 0 Å². The van der Waals surface area contributed by atoms with E-state index in [2.05, 4.69) is 34.5 Å². The molecular weight excluding hydrogens is 290 g/mol. The molecule has 0 amide bonds. The first-order chi connectivity index (χ1) is 11.2. The van der Waals surface area contributed by atoms with Gasteiger partial charge in [-0.15, -0.1) is 0 Å². The van der Waals surface area contributed by atoms with Crippen LogP contribution in [0, 0.1) is 10.1 Å². The van der Waals surface area contributed by atoms with Gasteiger partial charge in [0.05, 0.1) is 4.92 Å². The SMILES string of the molecule is O=[N+]([O-])c1ccc(NCc2ccccc2CN2CCCC2)cc1. The molecule has 0 spiro atoms. The van der Waals surface area contributed by atoms with E-state index in [-0.39, 0.29) is 10.6 Å². The van der Waals surface area contributed by atoms with Crippen molar-refractivity contribution in [2.45, 2.75) is 25.9 Å². The fraction of sp³-hybridized carbons (Fsp3) is 0.333. The van der Waals surface area contributed by atoms with Crippen molar-refractivity contribution >= 4 is 11.4 Å². The van der Waals surface area contributed by atoms with Crippen LogP contribution < -0.4 is 5.32 Å². The number of likely N-dealkylation sites (tertiary alicyclic amines) is 1. The van der Waals surface area contributed by atoms with Crippen LogP contribution in [-0.2, 0) is 13.1 Å². The molecule has 1 saturated heterocycles. The van der Waals surface area contributed by atoms with Gasteiger partial charge in [-0.1, -0.05) is 24.3 Å². The minimum Gasteiger partial charge on any atom is -0.381 e. The van der Waals surface area contributed by atoms with E-state index < -0.39 is 0 Å². The molecule has 0 aromatic heterocycles. The molecule has 3 rings (SSSR count). The highest BCUT2D eigenvalue weighted by Crippen LogP contribution is 2.19. The summed E-state index contributed by atoms with van der Waals surface area (Å²) in [6.07, 6.45) is 2.59. The van der Waals surface area contributed by atoms with E-state index in [4.69, 9.17) is 0 Å². The first kappa shape index (κ1) is 15.5. The Labute approximate surface area is 136 Å². The molecule has 0 bridgehead atoms. The number of benzene rings is 2. The fourth-order valence-corrected chi connectivity index (χ4v) is 2.96. The summed E-state index contributed by atoms with van der Waals surface area (Å²) >= 11 is 0. The molecule has 1 fully saturated rings. The molecule has 0 atom stereocenters. The molecule has 1 aliphatic heterocycles. The Balaban J connectivity index is 1.64. The first-order valence-corrected chi connectivity index (χ1v) is 8.00. The third-order valence-corrected chi connectivity index (χ3v) is 4.27. The summed E-state index contributed by atoms with van der Waals surface area (Å²) in [6, 6.07) is 15.0. The molecule has 0 radical (unpaired) electrons. The maximum absolute atomic E-state index is 10.7. The van der Waals surface area contributed by atoms with Crippen LogP contribution in [0.1, 0.15) is 24.0 Å². The van der Waals surface area contributed by atoms with Crippen molar-refractivity contribution in [2.75, 3.05) is 18.4 Å². The van der Waals surface area contributed by atoms with Gasteiger partial charge in [0.2, 0.25) is 0 Å². The molecule has 1 heterocycles. The third kappa shape index (κ3) is 4.07. The van der Waals surface area contributed by atoms with E-state index in [1.54, 1.807) is 12.1 Å². The zero-order chi connectivity index (χ0) is 16.1. The van der Waals surface area contributed by atoms with Gasteiger partial charge in [0.25, 0.3) is 5.69 Å². The summed E-state index contributed by atoms with van der Waals surface area (Å²) in [5.74, 6) is 0. The molecule has 1 N–H and O–H groups in total. The van der Waals surface area contributed by atoms with Crippen molar-refractivity contribution in [3.8, 4) is 0 Å². The zero-order valence-corrected chi connectivity index (χ0v) is 13.1. The van der Waals surface area contributed by atoms with Crippen molar-refractivity contribution in [3.63, 3.8) is 0 Å². The highest BCUT2D eigenvalue weighted by atomic mass is 16.6. The lowest BCUT2D eigenvalue weighted by Gasteiger charge is -2.18. The molecule has 23 heavy (non-hydrogen) atoms. The number of nitro groups is 1. The van der Waals surface area contributed by atoms with Crippen LogP contribution in [0.3, 0.4) is 0 Å². The molecule has 0 unspecified atom stereocenters. The van der Waals surface area contributed by atoms with E-state index in [1.165, 1.54) is 49.2 Å². The molecule has 1 aliphatic rings. The number of non-ortho nitro benzene ring substituents is 1. The maximum atomic E-state index is 10.7. The van der Waals surface area contributed by atoms with Crippen molar-refractivity contribution in [3.05, 3.63) is 69.8 Å². The summed E-state index contributed by atoms with van der Waals surface area (Å²) in [5.41, 5.74) is 3.64. The van der Waals surface area contributed by atoms with Crippen LogP contribution >= 0.6 is 0 Å². The van der Waals surface area contributed by atoms with Gasteiger partial charge in [-0.25, -0.2) is 0 Å². The number of hydrogen-bond acceptors (Lipinski definition) is 4. The third-order valence-electron chi connectivity index (χ3n) is 4.27. The topological polar surface area (TPSA) is 58.4 Å². The molecule has 5 heteroatoms. The van der Waals surface area contributed by atoms with Gasteiger partial charge >= 0.3 is 0 Å². The number of hydrogen-bond donors (Lipinski definition) is 1. The standard InChI is InChI=1S/C18H21N3O2/c22-21(23)18-9-7-17(8-10-18)19-13-15-5-1-2-6-16(15)14-20-11-3-4-12-20/h1-2,5-10,19H,3-4,11-14H2. The quantitative estimate of drug-likeness (QED) is 0.651. The number of nitro benzene ring substituents is 1. The van der Waals surface area contributed by atoms with Crippen LogP contribution in [0.15, 0.2) is 48.5 Å². The van der Waals surface area contributed by atoms with Gasteiger partial charge < -0.3 is 5.32 Å². The van der Waals surface area contributed by atoms with E-state index >= 15 is 0 Å². The predicted molar refractivity (Wildman–Crippen MR) is 91.4 cm³/mol. The summed E-state index contributed by atoms with van der Waals surface area (Å²) in [5, 5.41) is 14.0. The largest absolute Gasteiger partial charge is 0.381 e. The van der Waals surface area contributed by atoms with Crippen LogP contribution in [0.25, 0.3) is 0 Å². The minimum absolute atomic E-state index is 0.116. The monoisotopic (exact) mass is 311 g/mol. The summed E-state index contributed by atoms with van der Waals surface area (Å²) in [7, 11) is 0. The van der Waals surface area contributed by atoms with Gasteiger partial charge in [0.1, 0.15) is 0 Å². The molecule has 0 saturated carbocycles. The highest BCUT2D eigenvalue weighted by molar-refractivity contribution is 5.49. The molecule has 2 aromatic rings. The van der Waals surface area contributed by atoms with Crippen LogP contribution in [0.4, 0.5) is 11.4 Å². The van der Waals surface area contributed by atoms with E-state index in [0.717, 1.165) is 18.8 Å². The smallest absolute Gasteiger partial charge is 0.269 e. The minimum atomic E-state index is -0.380. The van der Waals surface area contributed by atoms with Crippen molar-refractivity contribution in [1.82, 2.24) is 4.90 Å². The maximum Gasteiger partial charge on any atom is 0.269 e. The van der Waals surface area contributed by atoms with Gasteiger partial charge in [-0.2, -0.15) is 0 Å². The molecule has 120 valence electrons. The van der Waals surface area contributed by atoms with E-state index in [9.17, 15) is 10.1 Å². The number of nitrogens with one attached hydrogen (secondary N) is 1. The van der Waals surface area contributed by atoms with Crippen LogP contribution in [0.5, 0.6) is 0 Å². The normalized spacial score (nSPS) is 14.8. The lowest BCUT2D eigenvalue weighted by molar-refractivity contribution is -0.384. The Morgan fingerprint density at radius 2 is 1.65 bits per heavy atom. The predicted octanol–water partition coefficient (Wildman–Crippen LogP) is 3.80. The fourth-order valence-electron chi connectivity index (χ4n) is 2.96. The summed E-state index contributed by atoms with van der Waals surface area (Å²) in [6.45, 7) is 4.09. The van der Waals surface area contributed by atoms with E-state index in [1.807, 2.05) is 0 Å². The second-order valence-corrected chi connectivity index (χ2v) is 5.91. The molecule has 5 nitrogen and oxygen atoms in total. The Kier molecular flexibility index (Phi) is 4.88. The molecule has 0 aliphatic carbocycles. The van der Waals surface area contributed by atoms with Crippen molar-refractivity contribution in [2.24, 2.45) is 0 Å². The van der Waals surface area contributed by atoms with Crippen LogP contribution in [-0.4, -0.2) is 22.9 Å². The average molecular weight is 311 g/mol. The second-order valence-electron chi connectivity index (χ2n) is 5.91. The average Bonchev–Trinajstić information content (AvgIpc) is 3.07. The number of anilines is 1. The Bertz CT molecular complexity index is 664. The van der Waals surface area contributed by atoms with Gasteiger partial charge in [0, 0.05) is 30.9 Å². The Morgan fingerprint density at radius 3 is 2.30 bits per heavy atom.